The van der Waals surface area contributed by atoms with Crippen molar-refractivity contribution in [2.45, 2.75) is 191 Å². The maximum Gasteiger partial charge on any atom is 0.0614 e. The van der Waals surface area contributed by atoms with E-state index in [4.69, 9.17) is 10.2 Å². The summed E-state index contributed by atoms with van der Waals surface area (Å²) in [5.41, 5.74) is 1.34. The molecule has 0 bridgehead atoms. The number of hydrogen-bond acceptors (Lipinski definition) is 2. The summed E-state index contributed by atoms with van der Waals surface area (Å²) in [4.78, 5) is 0. The third-order valence-electron chi connectivity index (χ3n) is 9.47. The van der Waals surface area contributed by atoms with Gasteiger partial charge in [-0.15, -0.1) is 0 Å². The van der Waals surface area contributed by atoms with E-state index in [-0.39, 0.29) is 6.61 Å². The van der Waals surface area contributed by atoms with Crippen LogP contribution in [-0.2, 0) is 0 Å². The van der Waals surface area contributed by atoms with Gasteiger partial charge in [-0.05, 0) is 67.6 Å². The van der Waals surface area contributed by atoms with Gasteiger partial charge in [0.25, 0.3) is 0 Å². The van der Waals surface area contributed by atoms with E-state index >= 15 is 0 Å². The maximum absolute atomic E-state index is 8.91. The van der Waals surface area contributed by atoms with Crippen LogP contribution < -0.4 is 0 Å². The molecule has 254 valence electrons. The van der Waals surface area contributed by atoms with Crippen molar-refractivity contribution in [3.8, 4) is 0 Å². The van der Waals surface area contributed by atoms with Gasteiger partial charge in [-0.25, -0.2) is 0 Å². The molecule has 0 amide bonds. The predicted molar refractivity (Wildman–Crippen MR) is 191 cm³/mol. The number of rotatable bonds is 27. The fourth-order valence-corrected chi connectivity index (χ4v) is 6.12. The summed E-state index contributed by atoms with van der Waals surface area (Å²) in [6.07, 6.45) is 27.5. The van der Waals surface area contributed by atoms with Gasteiger partial charge in [-0.2, -0.15) is 0 Å². The van der Waals surface area contributed by atoms with Crippen LogP contribution in [0.1, 0.15) is 191 Å². The van der Waals surface area contributed by atoms with Crippen LogP contribution in [0.3, 0.4) is 0 Å². The SMILES string of the molecule is C/C(=C\CO)CCC[C@H](C)CCC[C@H](C)CCCC(C)C.CC(C)CCC[C@@H](C)CCC[C@@H](C)CCCC(C)CCO. The maximum atomic E-state index is 8.91. The molecule has 5 atom stereocenters. The van der Waals surface area contributed by atoms with Gasteiger partial charge in [0, 0.05) is 6.61 Å². The first-order chi connectivity index (χ1) is 19.9. The molecule has 0 heterocycles. The van der Waals surface area contributed by atoms with Crippen molar-refractivity contribution in [1.29, 1.82) is 0 Å². The molecule has 2 nitrogen and oxygen atoms in total. The molecule has 0 rings (SSSR count). The van der Waals surface area contributed by atoms with Crippen molar-refractivity contribution in [2.75, 3.05) is 13.2 Å². The highest BCUT2D eigenvalue weighted by Gasteiger charge is 2.09. The highest BCUT2D eigenvalue weighted by molar-refractivity contribution is 4.97. The molecule has 0 fully saturated rings. The molecule has 0 aliphatic rings. The van der Waals surface area contributed by atoms with Gasteiger partial charge in [-0.1, -0.05) is 177 Å². The van der Waals surface area contributed by atoms with Gasteiger partial charge in [0.1, 0.15) is 0 Å². The molecule has 0 spiro atoms. The molecular weight excluding hydrogens is 512 g/mol. The van der Waals surface area contributed by atoms with Crippen LogP contribution in [0.4, 0.5) is 0 Å². The standard InChI is InChI=1S/C20H42O.C20H40O/c2*1-17(2)9-6-10-18(3)11-7-12-19(4)13-8-14-20(5)15-16-21/h17-21H,6-16H2,1-5H3;15,17-19,21H,6-14,16H2,1-5H3/b;20-15+/t18-,19-,20?;18-,19-/m11/s1. The summed E-state index contributed by atoms with van der Waals surface area (Å²) >= 11 is 0. The second-order valence-corrected chi connectivity index (χ2v) is 15.6. The topological polar surface area (TPSA) is 40.5 Å². The van der Waals surface area contributed by atoms with E-state index in [1.807, 2.05) is 6.08 Å². The third-order valence-corrected chi connectivity index (χ3v) is 9.47. The molecule has 0 aliphatic carbocycles. The van der Waals surface area contributed by atoms with Crippen LogP contribution in [0.25, 0.3) is 0 Å². The lowest BCUT2D eigenvalue weighted by molar-refractivity contribution is 0.255. The molecule has 0 aromatic carbocycles. The Balaban J connectivity index is 0. The van der Waals surface area contributed by atoms with Crippen LogP contribution in [0, 0.1) is 41.4 Å². The fourth-order valence-electron chi connectivity index (χ4n) is 6.12. The first kappa shape index (κ1) is 43.8. The fraction of sp³-hybridized carbons (Fsp3) is 0.950. The average Bonchev–Trinajstić information content (AvgIpc) is 2.89. The summed E-state index contributed by atoms with van der Waals surface area (Å²) in [5, 5.41) is 17.7. The zero-order chi connectivity index (χ0) is 32.2. The lowest BCUT2D eigenvalue weighted by Crippen LogP contribution is -2.02. The summed E-state index contributed by atoms with van der Waals surface area (Å²) < 4.78 is 0. The van der Waals surface area contributed by atoms with E-state index in [0.29, 0.717) is 12.5 Å². The number of hydrogen-bond donors (Lipinski definition) is 2. The zero-order valence-electron chi connectivity index (χ0n) is 30.9. The second kappa shape index (κ2) is 30.7. The Kier molecular flexibility index (Phi) is 32.0. The predicted octanol–water partition coefficient (Wildman–Crippen LogP) is 12.8. The number of aliphatic hydroxyl groups is 2. The van der Waals surface area contributed by atoms with Gasteiger partial charge in [0.05, 0.1) is 6.61 Å². The molecule has 0 radical (unpaired) electrons. The quantitative estimate of drug-likeness (QED) is 0.0928. The number of aliphatic hydroxyl groups excluding tert-OH is 2. The first-order valence-corrected chi connectivity index (χ1v) is 18.8. The first-order valence-electron chi connectivity index (χ1n) is 18.8. The van der Waals surface area contributed by atoms with Crippen LogP contribution in [0.15, 0.2) is 11.6 Å². The number of allylic oxidation sites excluding steroid dienone is 1. The molecule has 1 unspecified atom stereocenters. The van der Waals surface area contributed by atoms with Crippen LogP contribution in [0.5, 0.6) is 0 Å². The monoisotopic (exact) mass is 595 g/mol. The Hall–Kier alpha value is -0.340. The average molecular weight is 595 g/mol. The third kappa shape index (κ3) is 34.2. The highest BCUT2D eigenvalue weighted by Crippen LogP contribution is 2.23. The van der Waals surface area contributed by atoms with Crippen LogP contribution in [-0.4, -0.2) is 23.4 Å². The van der Waals surface area contributed by atoms with Crippen molar-refractivity contribution in [2.24, 2.45) is 41.4 Å². The molecular formula is C40H82O2. The second-order valence-electron chi connectivity index (χ2n) is 15.6. The van der Waals surface area contributed by atoms with Gasteiger partial charge in [-0.3, -0.25) is 0 Å². The summed E-state index contributed by atoms with van der Waals surface area (Å²) in [7, 11) is 0. The van der Waals surface area contributed by atoms with Gasteiger partial charge >= 0.3 is 0 Å². The van der Waals surface area contributed by atoms with Gasteiger partial charge < -0.3 is 10.2 Å². The van der Waals surface area contributed by atoms with E-state index in [9.17, 15) is 0 Å². The normalized spacial score (nSPS) is 15.8. The van der Waals surface area contributed by atoms with E-state index in [0.717, 1.165) is 48.3 Å². The molecule has 2 N–H and O–H groups in total. The van der Waals surface area contributed by atoms with E-state index in [1.165, 1.54) is 115 Å². The van der Waals surface area contributed by atoms with Crippen molar-refractivity contribution < 1.29 is 10.2 Å². The highest BCUT2D eigenvalue weighted by atomic mass is 16.3. The molecule has 42 heavy (non-hydrogen) atoms. The molecule has 0 aromatic rings. The molecule has 0 aromatic heterocycles. The largest absolute Gasteiger partial charge is 0.396 e. The Morgan fingerprint density at radius 2 is 0.714 bits per heavy atom. The van der Waals surface area contributed by atoms with Crippen molar-refractivity contribution >= 4 is 0 Å². The minimum atomic E-state index is 0.191. The zero-order valence-corrected chi connectivity index (χ0v) is 30.9. The van der Waals surface area contributed by atoms with Crippen molar-refractivity contribution in [1.82, 2.24) is 0 Å². The molecule has 0 saturated heterocycles. The Labute approximate surface area is 267 Å². The van der Waals surface area contributed by atoms with E-state index in [2.05, 4.69) is 69.2 Å². The van der Waals surface area contributed by atoms with E-state index in [1.54, 1.807) is 0 Å². The Bertz CT molecular complexity index is 566. The van der Waals surface area contributed by atoms with Gasteiger partial charge in [0.15, 0.2) is 0 Å². The molecule has 0 aliphatic heterocycles. The summed E-state index contributed by atoms with van der Waals surface area (Å²) in [6, 6.07) is 0. The summed E-state index contributed by atoms with van der Waals surface area (Å²) in [6.45, 7) is 23.9. The van der Waals surface area contributed by atoms with Crippen molar-refractivity contribution in [3.63, 3.8) is 0 Å². The van der Waals surface area contributed by atoms with Crippen LogP contribution >= 0.6 is 0 Å². The summed E-state index contributed by atoms with van der Waals surface area (Å²) in [5.74, 6) is 5.99. The molecule has 0 saturated carbocycles. The Morgan fingerprint density at radius 3 is 1.00 bits per heavy atom. The minimum absolute atomic E-state index is 0.191. The Morgan fingerprint density at radius 1 is 0.429 bits per heavy atom. The smallest absolute Gasteiger partial charge is 0.0614 e. The minimum Gasteiger partial charge on any atom is -0.396 e. The lowest BCUT2D eigenvalue weighted by Gasteiger charge is -2.16. The van der Waals surface area contributed by atoms with E-state index < -0.39 is 0 Å². The molecule has 2 heteroatoms. The van der Waals surface area contributed by atoms with Gasteiger partial charge in [0.2, 0.25) is 0 Å². The lowest BCUT2D eigenvalue weighted by atomic mass is 9.91. The van der Waals surface area contributed by atoms with Crippen LogP contribution in [0.2, 0.25) is 0 Å². The van der Waals surface area contributed by atoms with Crippen molar-refractivity contribution in [3.05, 3.63) is 11.6 Å².